The maximum absolute atomic E-state index is 13.2. The van der Waals surface area contributed by atoms with Gasteiger partial charge < -0.3 is 5.32 Å². The first-order chi connectivity index (χ1) is 14.8. The molecular formula is C24H17N5O. The average Bonchev–Trinajstić information content (AvgIpc) is 3.34. The van der Waals surface area contributed by atoms with Gasteiger partial charge in [0.15, 0.2) is 0 Å². The Kier molecular flexibility index (Phi) is 4.50. The molecule has 0 saturated heterocycles. The molecule has 6 nitrogen and oxygen atoms in total. The summed E-state index contributed by atoms with van der Waals surface area (Å²) in [4.78, 5) is 22.0. The van der Waals surface area contributed by atoms with Crippen LogP contribution >= 0.6 is 0 Å². The zero-order chi connectivity index (χ0) is 20.3. The molecule has 5 aromatic rings. The highest BCUT2D eigenvalue weighted by molar-refractivity contribution is 6.13. The van der Waals surface area contributed by atoms with Gasteiger partial charge in [-0.1, -0.05) is 36.4 Å². The van der Waals surface area contributed by atoms with E-state index in [0.29, 0.717) is 16.9 Å². The molecule has 0 atom stereocenters. The van der Waals surface area contributed by atoms with E-state index in [4.69, 9.17) is 4.98 Å². The monoisotopic (exact) mass is 391 g/mol. The highest BCUT2D eigenvalue weighted by atomic mass is 16.1. The van der Waals surface area contributed by atoms with Gasteiger partial charge in [-0.25, -0.2) is 4.98 Å². The van der Waals surface area contributed by atoms with Gasteiger partial charge in [-0.15, -0.1) is 0 Å². The molecule has 0 unspecified atom stereocenters. The van der Waals surface area contributed by atoms with Crippen LogP contribution in [0.3, 0.4) is 0 Å². The number of rotatable bonds is 4. The van der Waals surface area contributed by atoms with E-state index in [0.717, 1.165) is 27.6 Å². The number of aromatic amines is 1. The minimum absolute atomic E-state index is 0.217. The number of H-pyrrole nitrogens is 1. The number of fused-ring (bicyclic) bond motifs is 1. The largest absolute Gasteiger partial charge is 0.321 e. The van der Waals surface area contributed by atoms with Crippen molar-refractivity contribution < 1.29 is 4.79 Å². The quantitative estimate of drug-likeness (QED) is 0.455. The third-order valence-electron chi connectivity index (χ3n) is 4.87. The molecule has 5 rings (SSSR count). The summed E-state index contributed by atoms with van der Waals surface area (Å²) >= 11 is 0. The van der Waals surface area contributed by atoms with Crippen LogP contribution in [0, 0.1) is 0 Å². The van der Waals surface area contributed by atoms with E-state index in [1.165, 1.54) is 0 Å². The number of carbonyl (C=O) groups is 1. The molecule has 0 fully saturated rings. The van der Waals surface area contributed by atoms with E-state index in [-0.39, 0.29) is 5.91 Å². The second kappa shape index (κ2) is 7.60. The molecule has 0 radical (unpaired) electrons. The minimum atomic E-state index is -0.217. The third-order valence-corrected chi connectivity index (χ3v) is 4.87. The van der Waals surface area contributed by atoms with E-state index >= 15 is 0 Å². The molecule has 144 valence electrons. The summed E-state index contributed by atoms with van der Waals surface area (Å²) in [6, 6.07) is 21.4. The number of benzene rings is 2. The predicted molar refractivity (Wildman–Crippen MR) is 117 cm³/mol. The van der Waals surface area contributed by atoms with Crippen molar-refractivity contribution in [3.05, 3.63) is 97.1 Å². The molecule has 0 spiro atoms. The molecule has 2 N–H and O–H groups in total. The fourth-order valence-corrected chi connectivity index (χ4v) is 3.40. The van der Waals surface area contributed by atoms with Crippen molar-refractivity contribution in [1.82, 2.24) is 20.2 Å². The van der Waals surface area contributed by atoms with Crippen molar-refractivity contribution in [3.63, 3.8) is 0 Å². The summed E-state index contributed by atoms with van der Waals surface area (Å²) in [5.74, 6) is -0.217. The molecule has 3 heterocycles. The molecule has 0 bridgehead atoms. The standard InChI is InChI=1S/C24H17N5O/c30-24(28-19-7-4-10-25-15-19)21-12-23(18-13-26-27-14-18)29-22-9-8-17(11-20(21)22)16-5-2-1-3-6-16/h1-15H,(H,26,27)(H,28,30). The number of aromatic nitrogens is 4. The molecule has 0 aliphatic heterocycles. The number of nitrogens with zero attached hydrogens (tertiary/aromatic N) is 3. The molecular weight excluding hydrogens is 374 g/mol. The molecule has 3 aromatic heterocycles. The Balaban J connectivity index is 1.66. The number of nitrogens with one attached hydrogen (secondary N) is 2. The van der Waals surface area contributed by atoms with Crippen LogP contribution in [0.4, 0.5) is 5.69 Å². The summed E-state index contributed by atoms with van der Waals surface area (Å²) in [6.45, 7) is 0. The lowest BCUT2D eigenvalue weighted by atomic mass is 9.99. The second-order valence-electron chi connectivity index (χ2n) is 6.84. The summed E-state index contributed by atoms with van der Waals surface area (Å²) in [5, 5.41) is 10.5. The molecule has 0 aliphatic carbocycles. The van der Waals surface area contributed by atoms with Gasteiger partial charge in [0.2, 0.25) is 0 Å². The van der Waals surface area contributed by atoms with Crippen molar-refractivity contribution in [2.24, 2.45) is 0 Å². The molecule has 30 heavy (non-hydrogen) atoms. The number of anilines is 1. The van der Waals surface area contributed by atoms with E-state index < -0.39 is 0 Å². The van der Waals surface area contributed by atoms with E-state index in [2.05, 4.69) is 20.5 Å². The molecule has 2 aromatic carbocycles. The molecule has 6 heteroatoms. The van der Waals surface area contributed by atoms with Gasteiger partial charge in [0.1, 0.15) is 0 Å². The summed E-state index contributed by atoms with van der Waals surface area (Å²) in [7, 11) is 0. The first-order valence-corrected chi connectivity index (χ1v) is 9.49. The third kappa shape index (κ3) is 3.42. The van der Waals surface area contributed by atoms with Crippen LogP contribution in [0.15, 0.2) is 91.5 Å². The predicted octanol–water partition coefficient (Wildman–Crippen LogP) is 4.94. The summed E-state index contributed by atoms with van der Waals surface area (Å²) < 4.78 is 0. The van der Waals surface area contributed by atoms with Crippen molar-refractivity contribution in [2.75, 3.05) is 5.32 Å². The summed E-state index contributed by atoms with van der Waals surface area (Å²) in [5.41, 5.74) is 5.52. The second-order valence-corrected chi connectivity index (χ2v) is 6.84. The Bertz CT molecular complexity index is 1320. The number of carbonyl (C=O) groups excluding carboxylic acids is 1. The van der Waals surface area contributed by atoms with Crippen molar-refractivity contribution in [3.8, 4) is 22.4 Å². The van der Waals surface area contributed by atoms with Crippen LogP contribution < -0.4 is 5.32 Å². The Morgan fingerprint density at radius 2 is 1.77 bits per heavy atom. The van der Waals surface area contributed by atoms with Crippen LogP contribution in [0.25, 0.3) is 33.3 Å². The zero-order valence-corrected chi connectivity index (χ0v) is 15.9. The summed E-state index contributed by atoms with van der Waals surface area (Å²) in [6.07, 6.45) is 6.74. The molecule has 1 amide bonds. The van der Waals surface area contributed by atoms with Crippen molar-refractivity contribution in [1.29, 1.82) is 0 Å². The number of amides is 1. The van der Waals surface area contributed by atoms with Gasteiger partial charge in [0.05, 0.1) is 34.9 Å². The lowest BCUT2D eigenvalue weighted by Crippen LogP contribution is -2.13. The smallest absolute Gasteiger partial charge is 0.256 e. The van der Waals surface area contributed by atoms with E-state index in [9.17, 15) is 4.79 Å². The highest BCUT2D eigenvalue weighted by Crippen LogP contribution is 2.29. The normalized spacial score (nSPS) is 10.8. The van der Waals surface area contributed by atoms with Gasteiger partial charge in [-0.2, -0.15) is 5.10 Å². The molecule has 0 saturated carbocycles. The van der Waals surface area contributed by atoms with Gasteiger partial charge in [0, 0.05) is 23.3 Å². The Morgan fingerprint density at radius 1 is 0.867 bits per heavy atom. The first-order valence-electron chi connectivity index (χ1n) is 9.49. The fourth-order valence-electron chi connectivity index (χ4n) is 3.40. The SMILES string of the molecule is O=C(Nc1cccnc1)c1cc(-c2cn[nH]c2)nc2ccc(-c3ccccc3)cc12. The Labute approximate surface area is 172 Å². The first kappa shape index (κ1) is 17.8. The molecule has 0 aliphatic rings. The van der Waals surface area contributed by atoms with Crippen LogP contribution in [-0.4, -0.2) is 26.1 Å². The maximum Gasteiger partial charge on any atom is 0.256 e. The Morgan fingerprint density at radius 3 is 2.53 bits per heavy atom. The lowest BCUT2D eigenvalue weighted by Gasteiger charge is -2.11. The van der Waals surface area contributed by atoms with E-state index in [1.54, 1.807) is 43.0 Å². The topological polar surface area (TPSA) is 83.6 Å². The van der Waals surface area contributed by atoms with Crippen molar-refractivity contribution >= 4 is 22.5 Å². The van der Waals surface area contributed by atoms with Gasteiger partial charge in [-0.05, 0) is 41.5 Å². The van der Waals surface area contributed by atoms with Gasteiger partial charge in [-0.3, -0.25) is 14.9 Å². The van der Waals surface area contributed by atoms with Crippen LogP contribution in [0.1, 0.15) is 10.4 Å². The average molecular weight is 391 g/mol. The van der Waals surface area contributed by atoms with Gasteiger partial charge >= 0.3 is 0 Å². The number of pyridine rings is 2. The van der Waals surface area contributed by atoms with Crippen molar-refractivity contribution in [2.45, 2.75) is 0 Å². The van der Waals surface area contributed by atoms with E-state index in [1.807, 2.05) is 48.5 Å². The maximum atomic E-state index is 13.2. The highest BCUT2D eigenvalue weighted by Gasteiger charge is 2.16. The van der Waals surface area contributed by atoms with Crippen LogP contribution in [0.5, 0.6) is 0 Å². The Hall–Kier alpha value is -4.32. The van der Waals surface area contributed by atoms with Crippen LogP contribution in [0.2, 0.25) is 0 Å². The zero-order valence-electron chi connectivity index (χ0n) is 15.9. The van der Waals surface area contributed by atoms with Crippen LogP contribution in [-0.2, 0) is 0 Å². The minimum Gasteiger partial charge on any atom is -0.321 e. The van der Waals surface area contributed by atoms with Gasteiger partial charge in [0.25, 0.3) is 5.91 Å². The lowest BCUT2D eigenvalue weighted by molar-refractivity contribution is 0.102. The number of hydrogen-bond donors (Lipinski definition) is 2. The number of hydrogen-bond acceptors (Lipinski definition) is 4. The fraction of sp³-hybridized carbons (Fsp3) is 0.